The van der Waals surface area contributed by atoms with Crippen LogP contribution >= 0.6 is 0 Å². The van der Waals surface area contributed by atoms with E-state index in [0.29, 0.717) is 12.3 Å². The maximum absolute atomic E-state index is 14.1. The number of anilines is 1. The van der Waals surface area contributed by atoms with Crippen molar-refractivity contribution in [1.82, 2.24) is 15.2 Å². The minimum absolute atomic E-state index is 0.232. The van der Waals surface area contributed by atoms with E-state index in [1.165, 1.54) is 6.07 Å². The van der Waals surface area contributed by atoms with Gasteiger partial charge in [-0.1, -0.05) is 0 Å². The van der Waals surface area contributed by atoms with E-state index in [0.717, 1.165) is 59.4 Å². The predicted octanol–water partition coefficient (Wildman–Crippen LogP) is 3.09. The Bertz CT molecular complexity index is 881. The Morgan fingerprint density at radius 2 is 2.09 bits per heavy atom. The Labute approximate surface area is 133 Å². The first-order valence-corrected chi connectivity index (χ1v) is 7.92. The van der Waals surface area contributed by atoms with Crippen molar-refractivity contribution in [2.45, 2.75) is 20.3 Å². The van der Waals surface area contributed by atoms with Crippen molar-refractivity contribution >= 4 is 27.6 Å². The van der Waals surface area contributed by atoms with Crippen LogP contribution in [-0.2, 0) is 4.74 Å². The number of ether oxygens (including phenoxy) is 1. The molecule has 6 heteroatoms. The SMILES string of the molecule is Cc1cc(F)cc2c(N3CCCOCC3)c3c(C)[nH]nc3nc12. The van der Waals surface area contributed by atoms with Crippen LogP contribution in [0.15, 0.2) is 12.1 Å². The summed E-state index contributed by atoms with van der Waals surface area (Å²) in [4.78, 5) is 6.93. The van der Waals surface area contributed by atoms with E-state index in [1.807, 2.05) is 13.8 Å². The summed E-state index contributed by atoms with van der Waals surface area (Å²) in [5.41, 5.74) is 4.30. The minimum Gasteiger partial charge on any atom is -0.380 e. The number of hydrogen-bond acceptors (Lipinski definition) is 4. The molecule has 0 saturated carbocycles. The van der Waals surface area contributed by atoms with Gasteiger partial charge in [-0.2, -0.15) is 5.10 Å². The average molecular weight is 314 g/mol. The molecule has 0 unspecified atom stereocenters. The second-order valence-corrected chi connectivity index (χ2v) is 6.08. The third kappa shape index (κ3) is 2.34. The second kappa shape index (κ2) is 5.45. The molecule has 0 spiro atoms. The molecule has 3 aromatic rings. The first kappa shape index (κ1) is 14.4. The van der Waals surface area contributed by atoms with Gasteiger partial charge in [0.05, 0.1) is 23.2 Å². The number of pyridine rings is 1. The molecule has 1 fully saturated rings. The smallest absolute Gasteiger partial charge is 0.183 e. The fourth-order valence-electron chi connectivity index (χ4n) is 3.38. The van der Waals surface area contributed by atoms with Gasteiger partial charge >= 0.3 is 0 Å². The third-order valence-electron chi connectivity index (χ3n) is 4.44. The molecule has 4 rings (SSSR count). The third-order valence-corrected chi connectivity index (χ3v) is 4.44. The molecule has 5 nitrogen and oxygen atoms in total. The Balaban J connectivity index is 2.08. The summed E-state index contributed by atoms with van der Waals surface area (Å²) >= 11 is 0. The maximum atomic E-state index is 14.1. The number of aromatic nitrogens is 3. The molecule has 0 bridgehead atoms. The van der Waals surface area contributed by atoms with Crippen LogP contribution in [0.4, 0.5) is 10.1 Å². The van der Waals surface area contributed by atoms with Crippen LogP contribution < -0.4 is 4.90 Å². The summed E-state index contributed by atoms with van der Waals surface area (Å²) in [5.74, 6) is -0.232. The number of halogens is 1. The molecule has 1 saturated heterocycles. The average Bonchev–Trinajstić information content (AvgIpc) is 2.74. The van der Waals surface area contributed by atoms with Gasteiger partial charge < -0.3 is 9.64 Å². The summed E-state index contributed by atoms with van der Waals surface area (Å²) in [6.45, 7) is 6.98. The van der Waals surface area contributed by atoms with Gasteiger partial charge in [0.2, 0.25) is 0 Å². The van der Waals surface area contributed by atoms with Gasteiger partial charge in [0.1, 0.15) is 5.82 Å². The van der Waals surface area contributed by atoms with Crippen molar-refractivity contribution in [3.05, 3.63) is 29.2 Å². The largest absolute Gasteiger partial charge is 0.380 e. The van der Waals surface area contributed by atoms with Crippen LogP contribution in [0.1, 0.15) is 17.7 Å². The molecule has 3 heterocycles. The minimum atomic E-state index is -0.232. The van der Waals surface area contributed by atoms with E-state index in [1.54, 1.807) is 6.07 Å². The number of fused-ring (bicyclic) bond motifs is 2. The number of hydrogen-bond donors (Lipinski definition) is 1. The Kier molecular flexibility index (Phi) is 3.41. The van der Waals surface area contributed by atoms with Crippen LogP contribution in [0.3, 0.4) is 0 Å². The molecule has 1 N–H and O–H groups in total. The highest BCUT2D eigenvalue weighted by Crippen LogP contribution is 2.36. The first-order valence-electron chi connectivity index (χ1n) is 7.92. The lowest BCUT2D eigenvalue weighted by atomic mass is 10.0. The van der Waals surface area contributed by atoms with E-state index in [9.17, 15) is 4.39 Å². The molecule has 23 heavy (non-hydrogen) atoms. The van der Waals surface area contributed by atoms with E-state index in [-0.39, 0.29) is 5.82 Å². The number of rotatable bonds is 1. The monoisotopic (exact) mass is 314 g/mol. The van der Waals surface area contributed by atoms with Crippen LogP contribution in [-0.4, -0.2) is 41.5 Å². The molecular weight excluding hydrogens is 295 g/mol. The lowest BCUT2D eigenvalue weighted by molar-refractivity contribution is 0.152. The van der Waals surface area contributed by atoms with Crippen molar-refractivity contribution in [2.75, 3.05) is 31.2 Å². The Morgan fingerprint density at radius 3 is 2.96 bits per heavy atom. The molecular formula is C17H19FN4O. The van der Waals surface area contributed by atoms with Gasteiger partial charge in [0.15, 0.2) is 5.65 Å². The zero-order chi connectivity index (χ0) is 16.0. The maximum Gasteiger partial charge on any atom is 0.183 e. The first-order chi connectivity index (χ1) is 11.1. The van der Waals surface area contributed by atoms with E-state index >= 15 is 0 Å². The lowest BCUT2D eigenvalue weighted by Crippen LogP contribution is -2.26. The number of H-pyrrole nitrogens is 1. The van der Waals surface area contributed by atoms with E-state index < -0.39 is 0 Å². The van der Waals surface area contributed by atoms with Crippen LogP contribution in [0.25, 0.3) is 21.9 Å². The summed E-state index contributed by atoms with van der Waals surface area (Å²) < 4.78 is 19.6. The van der Waals surface area contributed by atoms with Crippen LogP contribution in [0.2, 0.25) is 0 Å². The Hall–Kier alpha value is -2.21. The van der Waals surface area contributed by atoms with Gasteiger partial charge in [0, 0.05) is 30.8 Å². The normalized spacial score (nSPS) is 16.2. The molecule has 0 radical (unpaired) electrons. The van der Waals surface area contributed by atoms with Crippen LogP contribution in [0, 0.1) is 19.7 Å². The highest BCUT2D eigenvalue weighted by atomic mass is 19.1. The van der Waals surface area contributed by atoms with Gasteiger partial charge in [-0.3, -0.25) is 5.10 Å². The summed E-state index contributed by atoms with van der Waals surface area (Å²) in [7, 11) is 0. The Morgan fingerprint density at radius 1 is 1.22 bits per heavy atom. The van der Waals surface area contributed by atoms with Gasteiger partial charge in [0.25, 0.3) is 0 Å². The fraction of sp³-hybridized carbons (Fsp3) is 0.412. The van der Waals surface area contributed by atoms with E-state index in [2.05, 4.69) is 20.1 Å². The molecule has 2 aromatic heterocycles. The molecule has 0 aliphatic carbocycles. The number of aryl methyl sites for hydroxylation is 2. The zero-order valence-corrected chi connectivity index (χ0v) is 13.3. The van der Waals surface area contributed by atoms with Crippen LogP contribution in [0.5, 0.6) is 0 Å². The van der Waals surface area contributed by atoms with Crippen molar-refractivity contribution in [1.29, 1.82) is 0 Å². The second-order valence-electron chi connectivity index (χ2n) is 6.08. The number of nitrogens with zero attached hydrogens (tertiary/aromatic N) is 3. The number of benzene rings is 1. The summed E-state index contributed by atoms with van der Waals surface area (Å²) in [5, 5.41) is 9.16. The van der Waals surface area contributed by atoms with Crippen molar-refractivity contribution in [3.63, 3.8) is 0 Å². The molecule has 0 atom stereocenters. The topological polar surface area (TPSA) is 54.0 Å². The predicted molar refractivity (Wildman–Crippen MR) is 88.5 cm³/mol. The van der Waals surface area contributed by atoms with E-state index in [4.69, 9.17) is 4.74 Å². The number of aromatic amines is 1. The van der Waals surface area contributed by atoms with Gasteiger partial charge in [-0.15, -0.1) is 0 Å². The van der Waals surface area contributed by atoms with Crippen molar-refractivity contribution < 1.29 is 9.13 Å². The molecule has 1 aromatic carbocycles. The molecule has 1 aliphatic heterocycles. The molecule has 1 aliphatic rings. The van der Waals surface area contributed by atoms with Gasteiger partial charge in [-0.05, 0) is 38.0 Å². The lowest BCUT2D eigenvalue weighted by Gasteiger charge is -2.25. The summed E-state index contributed by atoms with van der Waals surface area (Å²) in [6, 6.07) is 3.11. The zero-order valence-electron chi connectivity index (χ0n) is 13.3. The quantitative estimate of drug-likeness (QED) is 0.750. The highest BCUT2D eigenvalue weighted by molar-refractivity contribution is 6.08. The standard InChI is InChI=1S/C17H19FN4O/c1-10-8-12(18)9-13-15(10)19-17-14(11(2)20-21-17)16(13)22-4-3-6-23-7-5-22/h8-9H,3-7H2,1-2H3,(H,19,20,21). The fourth-order valence-corrected chi connectivity index (χ4v) is 3.38. The summed E-state index contributed by atoms with van der Waals surface area (Å²) in [6.07, 6.45) is 0.955. The molecule has 0 amide bonds. The van der Waals surface area contributed by atoms with Crippen molar-refractivity contribution in [2.24, 2.45) is 0 Å². The number of nitrogens with one attached hydrogen (secondary N) is 1. The molecule has 120 valence electrons. The highest BCUT2D eigenvalue weighted by Gasteiger charge is 2.21. The van der Waals surface area contributed by atoms with Gasteiger partial charge in [-0.25, -0.2) is 9.37 Å². The van der Waals surface area contributed by atoms with Crippen molar-refractivity contribution in [3.8, 4) is 0 Å².